The van der Waals surface area contributed by atoms with Crippen LogP contribution in [-0.4, -0.2) is 10.9 Å². The highest BCUT2D eigenvalue weighted by atomic mass is 127. The molecule has 0 heterocycles. The molecule has 3 heteroatoms. The highest BCUT2D eigenvalue weighted by Gasteiger charge is 1.95. The van der Waals surface area contributed by atoms with Crippen LogP contribution >= 0.6 is 22.6 Å². The first kappa shape index (κ1) is 8.52. The molecule has 0 amide bonds. The van der Waals surface area contributed by atoms with Crippen LogP contribution in [0.5, 0.6) is 0 Å². The van der Waals surface area contributed by atoms with Crippen LogP contribution in [0.25, 0.3) is 0 Å². The molecule has 0 bridgehead atoms. The van der Waals surface area contributed by atoms with Crippen molar-refractivity contribution >= 4 is 28.3 Å². The summed E-state index contributed by atoms with van der Waals surface area (Å²) in [4.78, 5) is 0. The predicted molar refractivity (Wildman–Crippen MR) is 53.2 cm³/mol. The second-order valence-electron chi connectivity index (χ2n) is 2.19. The summed E-state index contributed by atoms with van der Waals surface area (Å²) < 4.78 is 1.18. The minimum Gasteiger partial charge on any atom is -0.411 e. The van der Waals surface area contributed by atoms with Crippen molar-refractivity contribution in [1.82, 2.24) is 0 Å². The van der Waals surface area contributed by atoms with E-state index >= 15 is 0 Å². The molecule has 0 aliphatic rings. The molecular weight excluding hydrogens is 253 g/mol. The van der Waals surface area contributed by atoms with Gasteiger partial charge in [-0.15, -0.1) is 0 Å². The van der Waals surface area contributed by atoms with Crippen LogP contribution in [0, 0.1) is 3.57 Å². The predicted octanol–water partition coefficient (Wildman–Crippen LogP) is 2.49. The zero-order valence-electron chi connectivity index (χ0n) is 6.08. The largest absolute Gasteiger partial charge is 0.411 e. The van der Waals surface area contributed by atoms with Crippen LogP contribution in [-0.2, 0) is 0 Å². The van der Waals surface area contributed by atoms with E-state index in [0.29, 0.717) is 5.71 Å². The van der Waals surface area contributed by atoms with Gasteiger partial charge in [0.2, 0.25) is 0 Å². The first-order valence-corrected chi connectivity index (χ1v) is 4.26. The smallest absolute Gasteiger partial charge is 0.0836 e. The van der Waals surface area contributed by atoms with E-state index in [-0.39, 0.29) is 0 Å². The Morgan fingerprint density at radius 3 is 2.36 bits per heavy atom. The van der Waals surface area contributed by atoms with E-state index in [1.54, 1.807) is 6.92 Å². The number of rotatable bonds is 1. The Hall–Kier alpha value is -0.580. The Balaban J connectivity index is 2.99. The van der Waals surface area contributed by atoms with Crippen molar-refractivity contribution in [3.05, 3.63) is 33.4 Å². The molecule has 0 fully saturated rings. The summed E-state index contributed by atoms with van der Waals surface area (Å²) in [6, 6.07) is 7.81. The summed E-state index contributed by atoms with van der Waals surface area (Å²) in [7, 11) is 0. The average Bonchev–Trinajstić information content (AvgIpc) is 2.05. The van der Waals surface area contributed by atoms with Gasteiger partial charge in [0, 0.05) is 3.57 Å². The van der Waals surface area contributed by atoms with Crippen LogP contribution in [0.2, 0.25) is 0 Å². The zero-order valence-corrected chi connectivity index (χ0v) is 8.24. The average molecular weight is 261 g/mol. The Bertz CT molecular complexity index is 266. The standard InChI is InChI=1S/C8H8INO/c1-6(10-11)7-2-4-8(9)5-3-7/h2-5,11H,1H3/b10-6-. The second kappa shape index (κ2) is 3.71. The van der Waals surface area contributed by atoms with Crippen LogP contribution in [0.4, 0.5) is 0 Å². The van der Waals surface area contributed by atoms with E-state index in [9.17, 15) is 0 Å². The van der Waals surface area contributed by atoms with E-state index < -0.39 is 0 Å². The summed E-state index contributed by atoms with van der Waals surface area (Å²) in [6.07, 6.45) is 0. The number of nitrogens with zero attached hydrogens (tertiary/aromatic N) is 1. The molecule has 0 aromatic heterocycles. The van der Waals surface area contributed by atoms with Crippen molar-refractivity contribution in [2.75, 3.05) is 0 Å². The molecule has 0 spiro atoms. The molecule has 1 aromatic rings. The normalized spacial score (nSPS) is 11.6. The first-order valence-electron chi connectivity index (χ1n) is 3.18. The lowest BCUT2D eigenvalue weighted by molar-refractivity contribution is 0.319. The van der Waals surface area contributed by atoms with Crippen LogP contribution in [0.15, 0.2) is 29.4 Å². The molecular formula is C8H8INO. The van der Waals surface area contributed by atoms with Gasteiger partial charge in [0.25, 0.3) is 0 Å². The number of benzene rings is 1. The van der Waals surface area contributed by atoms with Gasteiger partial charge in [-0.1, -0.05) is 17.3 Å². The maximum absolute atomic E-state index is 8.44. The zero-order chi connectivity index (χ0) is 8.27. The first-order chi connectivity index (χ1) is 5.24. The Morgan fingerprint density at radius 2 is 1.91 bits per heavy atom. The molecule has 1 aromatic carbocycles. The van der Waals surface area contributed by atoms with E-state index in [2.05, 4.69) is 27.7 Å². The monoisotopic (exact) mass is 261 g/mol. The van der Waals surface area contributed by atoms with Gasteiger partial charge in [0.1, 0.15) is 0 Å². The number of hydrogen-bond acceptors (Lipinski definition) is 2. The lowest BCUT2D eigenvalue weighted by atomic mass is 10.1. The minimum absolute atomic E-state index is 0.640. The minimum atomic E-state index is 0.640. The van der Waals surface area contributed by atoms with Gasteiger partial charge in [0.15, 0.2) is 0 Å². The third kappa shape index (κ3) is 2.18. The molecule has 11 heavy (non-hydrogen) atoms. The molecule has 0 unspecified atom stereocenters. The van der Waals surface area contributed by atoms with Gasteiger partial charge >= 0.3 is 0 Å². The van der Waals surface area contributed by atoms with E-state index in [1.807, 2.05) is 24.3 Å². The van der Waals surface area contributed by atoms with Crippen LogP contribution in [0.3, 0.4) is 0 Å². The highest BCUT2D eigenvalue weighted by Crippen LogP contribution is 2.07. The molecule has 0 saturated heterocycles. The van der Waals surface area contributed by atoms with Gasteiger partial charge < -0.3 is 5.21 Å². The van der Waals surface area contributed by atoms with Crippen molar-refractivity contribution in [1.29, 1.82) is 0 Å². The van der Waals surface area contributed by atoms with Gasteiger partial charge in [0.05, 0.1) is 5.71 Å². The summed E-state index contributed by atoms with van der Waals surface area (Å²) in [5, 5.41) is 11.5. The Labute approximate surface area is 79.1 Å². The van der Waals surface area contributed by atoms with E-state index in [4.69, 9.17) is 5.21 Å². The maximum Gasteiger partial charge on any atom is 0.0836 e. The van der Waals surface area contributed by atoms with E-state index in [0.717, 1.165) is 5.56 Å². The lowest BCUT2D eigenvalue weighted by Crippen LogP contribution is -1.93. The van der Waals surface area contributed by atoms with Gasteiger partial charge in [-0.2, -0.15) is 0 Å². The molecule has 0 radical (unpaired) electrons. The Kier molecular flexibility index (Phi) is 2.87. The maximum atomic E-state index is 8.44. The quantitative estimate of drug-likeness (QED) is 0.358. The SMILES string of the molecule is C/C(=N/O)c1ccc(I)cc1. The number of oxime groups is 1. The number of hydrogen-bond donors (Lipinski definition) is 1. The van der Waals surface area contributed by atoms with Gasteiger partial charge in [-0.3, -0.25) is 0 Å². The third-order valence-electron chi connectivity index (χ3n) is 1.41. The van der Waals surface area contributed by atoms with Gasteiger partial charge in [-0.25, -0.2) is 0 Å². The lowest BCUT2D eigenvalue weighted by Gasteiger charge is -1.96. The van der Waals surface area contributed by atoms with Crippen molar-refractivity contribution < 1.29 is 5.21 Å². The van der Waals surface area contributed by atoms with Crippen molar-refractivity contribution in [3.8, 4) is 0 Å². The molecule has 2 nitrogen and oxygen atoms in total. The topological polar surface area (TPSA) is 32.6 Å². The van der Waals surface area contributed by atoms with Crippen LogP contribution < -0.4 is 0 Å². The van der Waals surface area contributed by atoms with Crippen LogP contribution in [0.1, 0.15) is 12.5 Å². The third-order valence-corrected chi connectivity index (χ3v) is 2.13. The summed E-state index contributed by atoms with van der Waals surface area (Å²) in [5.74, 6) is 0. The summed E-state index contributed by atoms with van der Waals surface area (Å²) >= 11 is 2.23. The van der Waals surface area contributed by atoms with E-state index in [1.165, 1.54) is 3.57 Å². The van der Waals surface area contributed by atoms with Gasteiger partial charge in [-0.05, 0) is 47.2 Å². The fraction of sp³-hybridized carbons (Fsp3) is 0.125. The number of halogens is 1. The molecule has 0 aliphatic heterocycles. The fourth-order valence-corrected chi connectivity index (χ4v) is 1.11. The second-order valence-corrected chi connectivity index (χ2v) is 3.44. The summed E-state index contributed by atoms with van der Waals surface area (Å²) in [5.41, 5.74) is 1.59. The Morgan fingerprint density at radius 1 is 1.36 bits per heavy atom. The molecule has 0 aliphatic carbocycles. The van der Waals surface area contributed by atoms with Crippen molar-refractivity contribution in [2.24, 2.45) is 5.16 Å². The highest BCUT2D eigenvalue weighted by molar-refractivity contribution is 14.1. The van der Waals surface area contributed by atoms with Crippen molar-refractivity contribution in [3.63, 3.8) is 0 Å². The molecule has 0 saturated carbocycles. The summed E-state index contributed by atoms with van der Waals surface area (Å²) in [6.45, 7) is 1.77. The molecule has 1 N–H and O–H groups in total. The molecule has 0 atom stereocenters. The van der Waals surface area contributed by atoms with Crippen molar-refractivity contribution in [2.45, 2.75) is 6.92 Å². The molecule has 1 rings (SSSR count). The molecule has 58 valence electrons. The fourth-order valence-electron chi connectivity index (χ4n) is 0.749.